The van der Waals surface area contributed by atoms with Crippen LogP contribution in [0.15, 0.2) is 54.6 Å². The van der Waals surface area contributed by atoms with Crippen molar-refractivity contribution in [3.05, 3.63) is 83.2 Å². The van der Waals surface area contributed by atoms with E-state index in [1.54, 1.807) is 43.3 Å². The maximum Gasteiger partial charge on any atom is 0.201 e. The van der Waals surface area contributed by atoms with Crippen molar-refractivity contribution in [2.24, 2.45) is 0 Å². The van der Waals surface area contributed by atoms with Crippen LogP contribution in [0.3, 0.4) is 0 Å². The molecular formula is C26H27F3O2. The Balaban J connectivity index is 1.63. The molecule has 0 amide bonds. The normalized spacial score (nSPS) is 10.9. The molecule has 0 aromatic heterocycles. The average molecular weight is 428 g/mol. The van der Waals surface area contributed by atoms with E-state index in [1.807, 2.05) is 0 Å². The number of ether oxygens (including phenoxy) is 2. The third-order valence-electron chi connectivity index (χ3n) is 5.12. The van der Waals surface area contributed by atoms with Crippen LogP contribution < -0.4 is 9.47 Å². The van der Waals surface area contributed by atoms with E-state index >= 15 is 0 Å². The highest BCUT2D eigenvalue weighted by atomic mass is 19.2. The lowest BCUT2D eigenvalue weighted by Crippen LogP contribution is -2.02. The minimum absolute atomic E-state index is 0.0619. The maximum atomic E-state index is 14.6. The van der Waals surface area contributed by atoms with Gasteiger partial charge in [-0.05, 0) is 48.2 Å². The van der Waals surface area contributed by atoms with Crippen LogP contribution >= 0.6 is 0 Å². The van der Waals surface area contributed by atoms with E-state index in [0.29, 0.717) is 23.5 Å². The van der Waals surface area contributed by atoms with Gasteiger partial charge in [-0.2, -0.15) is 4.39 Å². The van der Waals surface area contributed by atoms with E-state index in [0.717, 1.165) is 31.2 Å². The predicted octanol–water partition coefficient (Wildman–Crippen LogP) is 7.62. The fourth-order valence-corrected chi connectivity index (χ4v) is 3.19. The monoisotopic (exact) mass is 428 g/mol. The van der Waals surface area contributed by atoms with Crippen LogP contribution in [0.25, 0.3) is 11.1 Å². The lowest BCUT2D eigenvalue weighted by molar-refractivity contribution is 0.285. The van der Waals surface area contributed by atoms with Crippen molar-refractivity contribution in [3.63, 3.8) is 0 Å². The summed E-state index contributed by atoms with van der Waals surface area (Å²) in [5.74, 6) is -1.84. The molecule has 0 unspecified atom stereocenters. The van der Waals surface area contributed by atoms with Gasteiger partial charge in [0.1, 0.15) is 18.2 Å². The van der Waals surface area contributed by atoms with Gasteiger partial charge in [-0.1, -0.05) is 56.5 Å². The molecule has 0 atom stereocenters. The summed E-state index contributed by atoms with van der Waals surface area (Å²) in [6.45, 7) is 4.41. The molecule has 0 saturated heterocycles. The molecule has 0 heterocycles. The van der Waals surface area contributed by atoms with Crippen LogP contribution in [-0.2, 0) is 6.61 Å². The second kappa shape index (κ2) is 10.9. The second-order valence-electron chi connectivity index (χ2n) is 7.54. The Morgan fingerprint density at radius 2 is 1.55 bits per heavy atom. The summed E-state index contributed by atoms with van der Waals surface area (Å²) in [5, 5.41) is 0. The lowest BCUT2D eigenvalue weighted by atomic mass is 10.0. The zero-order valence-corrected chi connectivity index (χ0v) is 17.9. The van der Waals surface area contributed by atoms with Gasteiger partial charge in [0.15, 0.2) is 11.6 Å². The molecule has 31 heavy (non-hydrogen) atoms. The number of hydrogen-bond acceptors (Lipinski definition) is 2. The van der Waals surface area contributed by atoms with Gasteiger partial charge >= 0.3 is 0 Å². The molecule has 3 aromatic rings. The van der Waals surface area contributed by atoms with Crippen molar-refractivity contribution in [2.45, 2.75) is 46.1 Å². The smallest absolute Gasteiger partial charge is 0.201 e. The topological polar surface area (TPSA) is 18.5 Å². The summed E-state index contributed by atoms with van der Waals surface area (Å²) >= 11 is 0. The zero-order chi connectivity index (χ0) is 22.2. The molecule has 5 heteroatoms. The summed E-state index contributed by atoms with van der Waals surface area (Å²) in [7, 11) is 0. The van der Waals surface area contributed by atoms with Gasteiger partial charge in [-0.3, -0.25) is 0 Å². The zero-order valence-electron chi connectivity index (χ0n) is 17.9. The third-order valence-corrected chi connectivity index (χ3v) is 5.12. The minimum Gasteiger partial charge on any atom is -0.490 e. The van der Waals surface area contributed by atoms with Gasteiger partial charge in [0.25, 0.3) is 0 Å². The van der Waals surface area contributed by atoms with Crippen molar-refractivity contribution >= 4 is 0 Å². The van der Waals surface area contributed by atoms with Crippen LogP contribution in [0, 0.1) is 24.4 Å². The Kier molecular flexibility index (Phi) is 7.99. The van der Waals surface area contributed by atoms with Crippen LogP contribution in [0.4, 0.5) is 13.2 Å². The number of aryl methyl sites for hydroxylation is 1. The number of rotatable bonds is 10. The number of halogens is 3. The van der Waals surface area contributed by atoms with Gasteiger partial charge in [-0.25, -0.2) is 8.78 Å². The van der Waals surface area contributed by atoms with Crippen LogP contribution in [0.5, 0.6) is 11.5 Å². The summed E-state index contributed by atoms with van der Waals surface area (Å²) in [5.41, 5.74) is 2.11. The Morgan fingerprint density at radius 3 is 2.26 bits per heavy atom. The molecule has 0 aliphatic rings. The molecule has 0 spiro atoms. The SMILES string of the molecule is CCCCCCOc1ccc(-c2ccc(COc3ccc(C)c(F)c3)cc2)c(F)c1F. The second-order valence-corrected chi connectivity index (χ2v) is 7.54. The first kappa shape index (κ1) is 22.7. The molecule has 0 aliphatic carbocycles. The number of benzene rings is 3. The quantitative estimate of drug-likeness (QED) is 0.309. The molecule has 164 valence electrons. The molecule has 2 nitrogen and oxygen atoms in total. The van der Waals surface area contributed by atoms with Crippen molar-refractivity contribution < 1.29 is 22.6 Å². The molecule has 0 aliphatic heterocycles. The first-order valence-corrected chi connectivity index (χ1v) is 10.6. The van der Waals surface area contributed by atoms with E-state index in [-0.39, 0.29) is 23.7 Å². The summed E-state index contributed by atoms with van der Waals surface area (Å²) in [6.07, 6.45) is 4.03. The minimum atomic E-state index is -0.971. The molecule has 0 saturated carbocycles. The van der Waals surface area contributed by atoms with Crippen LogP contribution in [0.1, 0.15) is 43.7 Å². The van der Waals surface area contributed by atoms with Crippen LogP contribution in [-0.4, -0.2) is 6.61 Å². The maximum absolute atomic E-state index is 14.6. The molecule has 3 aromatic carbocycles. The largest absolute Gasteiger partial charge is 0.490 e. The van der Waals surface area contributed by atoms with Crippen molar-refractivity contribution in [3.8, 4) is 22.6 Å². The van der Waals surface area contributed by atoms with Crippen molar-refractivity contribution in [1.82, 2.24) is 0 Å². The Hall–Kier alpha value is -2.95. The van der Waals surface area contributed by atoms with E-state index in [2.05, 4.69) is 6.92 Å². The highest BCUT2D eigenvalue weighted by Gasteiger charge is 2.16. The summed E-state index contributed by atoms with van der Waals surface area (Å²) in [6, 6.07) is 14.7. The van der Waals surface area contributed by atoms with Crippen LogP contribution in [0.2, 0.25) is 0 Å². The van der Waals surface area contributed by atoms with Gasteiger partial charge in [0.05, 0.1) is 6.61 Å². The van der Waals surface area contributed by atoms with E-state index in [4.69, 9.17) is 9.47 Å². The predicted molar refractivity (Wildman–Crippen MR) is 117 cm³/mol. The number of unbranched alkanes of at least 4 members (excludes halogenated alkanes) is 3. The van der Waals surface area contributed by atoms with Gasteiger partial charge < -0.3 is 9.47 Å². The first-order valence-electron chi connectivity index (χ1n) is 10.6. The molecule has 0 N–H and O–H groups in total. The molecule has 3 rings (SSSR count). The van der Waals surface area contributed by atoms with Crippen molar-refractivity contribution in [2.75, 3.05) is 6.61 Å². The Labute approximate surface area is 181 Å². The molecular weight excluding hydrogens is 401 g/mol. The Bertz CT molecular complexity index is 1000. The van der Waals surface area contributed by atoms with Gasteiger partial charge in [0.2, 0.25) is 5.82 Å². The van der Waals surface area contributed by atoms with E-state index in [1.165, 1.54) is 18.2 Å². The first-order chi connectivity index (χ1) is 15.0. The van der Waals surface area contributed by atoms with E-state index in [9.17, 15) is 13.2 Å². The molecule has 0 radical (unpaired) electrons. The lowest BCUT2D eigenvalue weighted by Gasteiger charge is -2.11. The summed E-state index contributed by atoms with van der Waals surface area (Å²) < 4.78 is 53.6. The highest BCUT2D eigenvalue weighted by Crippen LogP contribution is 2.30. The average Bonchev–Trinajstić information content (AvgIpc) is 2.78. The Morgan fingerprint density at radius 1 is 0.774 bits per heavy atom. The fraction of sp³-hybridized carbons (Fsp3) is 0.308. The van der Waals surface area contributed by atoms with E-state index < -0.39 is 11.6 Å². The third kappa shape index (κ3) is 6.03. The van der Waals surface area contributed by atoms with Gasteiger partial charge in [-0.15, -0.1) is 0 Å². The highest BCUT2D eigenvalue weighted by molar-refractivity contribution is 5.65. The summed E-state index contributed by atoms with van der Waals surface area (Å²) in [4.78, 5) is 0. The standard InChI is InChI=1S/C26H27F3O2/c1-3-4-5-6-15-30-24-14-13-22(25(28)26(24)29)20-10-8-19(9-11-20)17-31-21-12-7-18(2)23(27)16-21/h7-14,16H,3-6,15,17H2,1-2H3. The number of hydrogen-bond donors (Lipinski definition) is 0. The van der Waals surface area contributed by atoms with Crippen molar-refractivity contribution in [1.29, 1.82) is 0 Å². The molecule has 0 bridgehead atoms. The van der Waals surface area contributed by atoms with Gasteiger partial charge in [0, 0.05) is 11.6 Å². The molecule has 0 fully saturated rings. The fourth-order valence-electron chi connectivity index (χ4n) is 3.19.